The molecule has 4 aromatic rings. The highest BCUT2D eigenvalue weighted by atomic mass is 32.1. The Kier molecular flexibility index (Phi) is 50.9. The first-order chi connectivity index (χ1) is 67.0. The number of hydrogen-bond donors (Lipinski definition) is 34. The minimum absolute atomic E-state index is 0.0142. The monoisotopic (exact) mass is 2010 g/mol. The molecule has 5 rings (SSSR count). The quantitative estimate of drug-likeness (QED) is 0.00846. The van der Waals surface area contributed by atoms with E-state index in [9.17, 15) is 78.0 Å². The van der Waals surface area contributed by atoms with Gasteiger partial charge in [0.05, 0.1) is 6.04 Å². The van der Waals surface area contributed by atoms with Crippen LogP contribution in [0.1, 0.15) is 139 Å². The number of phenols is 2. The van der Waals surface area contributed by atoms with E-state index in [-0.39, 0.29) is 185 Å². The smallest absolute Gasteiger partial charge is 0.312 e. The summed E-state index contributed by atoms with van der Waals surface area (Å²) in [5.74, 6) is -19.3. The Balaban J connectivity index is 1.47. The summed E-state index contributed by atoms with van der Waals surface area (Å²) in [5.41, 5.74) is 45.7. The number of likely N-dealkylation sites (tertiary alicyclic amines) is 1. The highest BCUT2D eigenvalue weighted by molar-refractivity contribution is 7.80. The van der Waals surface area contributed by atoms with Gasteiger partial charge < -0.3 is 162 Å². The average Bonchev–Trinajstić information content (AvgIpc) is 1.81. The molecule has 1 saturated heterocycles. The summed E-state index contributed by atoms with van der Waals surface area (Å²) in [5, 5.41) is 108. The Morgan fingerprint density at radius 3 is 1.06 bits per heavy atom. The van der Waals surface area contributed by atoms with E-state index in [2.05, 4.69) is 116 Å². The molecule has 0 aliphatic carbocycles. The number of nitrogens with one attached hydrogen (secondary N) is 20. The van der Waals surface area contributed by atoms with Crippen LogP contribution in [0.25, 0.3) is 10.8 Å². The summed E-state index contributed by atoms with van der Waals surface area (Å²) < 4.78 is 0. The Morgan fingerprint density at radius 1 is 0.362 bits per heavy atom. The van der Waals surface area contributed by atoms with E-state index in [1.54, 1.807) is 36.4 Å². The number of primary amides is 3. The molecule has 0 aromatic heterocycles. The number of nitrogens with two attached hydrogens (primary N) is 8. The van der Waals surface area contributed by atoms with Gasteiger partial charge in [-0.2, -0.15) is 25.3 Å². The normalized spacial score (nSPS) is 14.8. The lowest BCUT2D eigenvalue weighted by Crippen LogP contribution is -2.61. The number of carboxylic acids is 2. The molecule has 1 heterocycles. The molecule has 774 valence electrons. The van der Waals surface area contributed by atoms with Crippen LogP contribution in [-0.4, -0.2) is 292 Å². The number of urea groups is 2. The predicted molar refractivity (Wildman–Crippen MR) is 522 cm³/mol. The number of unbranched alkanes of at least 4 members (excludes halogenated alkanes) is 1. The summed E-state index contributed by atoms with van der Waals surface area (Å²) in [6.45, 7) is -0.356. The molecule has 0 radical (unpaired) electrons. The van der Waals surface area contributed by atoms with Gasteiger partial charge in [0.1, 0.15) is 90.0 Å². The molecule has 18 amide bonds. The first-order valence-corrected chi connectivity index (χ1v) is 47.0. The number of aromatic hydroxyl groups is 2. The number of carboxylic acid groups (broad SMARTS) is 2. The van der Waals surface area contributed by atoms with Crippen LogP contribution in [0.3, 0.4) is 0 Å². The molecule has 0 bridgehead atoms. The summed E-state index contributed by atoms with van der Waals surface area (Å²) >= 11 is 8.64. The minimum atomic E-state index is -1.80. The largest absolute Gasteiger partial charge is 0.508 e. The van der Waals surface area contributed by atoms with Crippen LogP contribution in [0, 0.1) is 16.2 Å². The molecule has 0 unspecified atom stereocenters. The van der Waals surface area contributed by atoms with Crippen LogP contribution < -0.4 is 136 Å². The van der Waals surface area contributed by atoms with Crippen molar-refractivity contribution in [2.24, 2.45) is 45.9 Å². The van der Waals surface area contributed by atoms with Gasteiger partial charge in [0.15, 0.2) is 17.9 Å². The molecule has 1 aliphatic rings. The van der Waals surface area contributed by atoms with Gasteiger partial charge in [0.2, 0.25) is 82.7 Å². The van der Waals surface area contributed by atoms with Crippen LogP contribution in [0.4, 0.5) is 9.59 Å². The van der Waals surface area contributed by atoms with Crippen molar-refractivity contribution in [1.82, 2.24) is 95.3 Å². The molecule has 4 aromatic carbocycles. The third-order valence-electron chi connectivity index (χ3n) is 22.3. The second-order valence-corrected chi connectivity index (χ2v) is 34.1. The fraction of sp³-hybridized carbons (Fsp3) is 0.511. The van der Waals surface area contributed by atoms with E-state index < -0.39 is 235 Å². The third-order valence-corrected chi connectivity index (χ3v) is 23.0. The predicted octanol–water partition coefficient (Wildman–Crippen LogP) is -6.69. The number of fused-ring (bicyclic) bond motifs is 1. The fourth-order valence-corrected chi connectivity index (χ4v) is 15.3. The zero-order valence-electron chi connectivity index (χ0n) is 77.8. The van der Waals surface area contributed by atoms with Crippen molar-refractivity contribution >= 4 is 161 Å². The number of aliphatic carboxylic acids is 2. The SMILES string of the molecule is N=C(N)NCCC[C@H](NC(=O)[C@H](CS)NC(=O)[C@H](CCCNC(N)=O)NC(=O)[C@H](CCCNC(=N)N)NC(=O)[C@H](Cc1ccc(O)cc1)NC(=O)[C@@H]1CCCN1C(=O)[C@@H](CCC(=O)O)NC(=O)[C@H](CCCCN)NC(=O)[C@H](CCCNC(N)=O)NC(=O)[C@H](Cc1ccc(O)cc1)NC(=O)[C@H](CS)NC(=O)[C@H](Cc1ccc2ccccc2c1)NC(=O)[C@H](CCCNC(=N)N)NC(=O)[C@@H](N)CCC(=O)O)C(N)=O. The minimum Gasteiger partial charge on any atom is -0.508 e. The molecule has 141 heavy (non-hydrogen) atoms. The number of nitrogens with zero attached hydrogens (tertiary/aromatic N) is 1. The average molecular weight is 2010 g/mol. The van der Waals surface area contributed by atoms with Gasteiger partial charge in [-0.05, 0) is 167 Å². The maximum atomic E-state index is 15.2. The van der Waals surface area contributed by atoms with Crippen LogP contribution in [0.2, 0.25) is 0 Å². The summed E-state index contributed by atoms with van der Waals surface area (Å²) in [6, 6.07) is -0.744. The standard InChI is InChI=1S/C88H133N29O22S2/c89-34-4-3-13-56(107-72(126)59(17-8-38-103-87(98)138)109-77(131)62(42-47-21-26-52(118)27-22-47)113-81(135)66(46-141)116-79(133)64(44-49-20-25-50-11-1-2-12-51(50)41-49)112-75(129)57(15-6-36-101-85(94)95)106-71(125)54(90)30-32-68(120)121)74(128)111-61(31-33-69(122)123)83(137)117-40-10-19-67(117)82(136)114-63(43-48-23-28-53(119)29-24-48)78(132)110-58(16-7-37-102-86(96)97)73(127)108-60(18-9-39-104-88(99)139)76(130)115-65(45-140)80(134)105-55(70(91)124)14-5-35-100-84(92)93/h1-2,11-12,20-29,41,54-67,118-119,140-141H,3-10,13-19,30-40,42-46,89-90H2,(H2,91,124)(H,105,134)(H,106,125)(H,107,126)(H,108,127)(H,109,131)(H,110,132)(H,111,128)(H,112,129)(H,113,135)(H,114,136)(H,115,130)(H,116,133)(H,120,121)(H,122,123)(H4,92,93,100)(H4,94,95,101)(H4,96,97,102)(H3,98,103,138)(H3,99,104,139)/t54-,55-,56-,57-,58-,59-,60-,61+,62-,63-,64-,65-,66-,67-/m0/s1. The van der Waals surface area contributed by atoms with Crippen molar-refractivity contribution in [3.63, 3.8) is 0 Å². The van der Waals surface area contributed by atoms with Crippen molar-refractivity contribution in [3.05, 3.63) is 108 Å². The number of hydrogen-bond acceptors (Lipinski definition) is 27. The first-order valence-electron chi connectivity index (χ1n) is 45.7. The molecule has 1 aliphatic heterocycles. The van der Waals surface area contributed by atoms with Crippen molar-refractivity contribution in [2.45, 2.75) is 226 Å². The number of amides is 18. The molecule has 0 spiro atoms. The maximum Gasteiger partial charge on any atom is 0.312 e. The lowest BCUT2D eigenvalue weighted by molar-refractivity contribution is -0.143. The number of thiol groups is 2. The van der Waals surface area contributed by atoms with Gasteiger partial charge in [0.25, 0.3) is 0 Å². The molecular weight excluding hydrogens is 1880 g/mol. The highest BCUT2D eigenvalue weighted by Crippen LogP contribution is 2.24. The van der Waals surface area contributed by atoms with Crippen molar-refractivity contribution < 1.29 is 107 Å². The van der Waals surface area contributed by atoms with Crippen LogP contribution in [0.5, 0.6) is 11.5 Å². The van der Waals surface area contributed by atoms with E-state index in [4.69, 9.17) is 62.1 Å². The molecule has 14 atom stereocenters. The van der Waals surface area contributed by atoms with Gasteiger partial charge >= 0.3 is 24.0 Å². The summed E-state index contributed by atoms with van der Waals surface area (Å²) in [7, 11) is 0. The van der Waals surface area contributed by atoms with Gasteiger partial charge in [-0.3, -0.25) is 92.9 Å². The van der Waals surface area contributed by atoms with Crippen LogP contribution in [0.15, 0.2) is 91.0 Å². The Hall–Kier alpha value is -14.8. The molecule has 1 fully saturated rings. The molecule has 40 N–H and O–H groups in total. The lowest BCUT2D eigenvalue weighted by Gasteiger charge is -2.31. The summed E-state index contributed by atoms with van der Waals surface area (Å²) in [6.07, 6.45) is -4.07. The number of phenolic OH excluding ortho intramolecular Hbond substituents is 2. The maximum absolute atomic E-state index is 15.2. The van der Waals surface area contributed by atoms with Gasteiger partial charge in [-0.1, -0.05) is 66.7 Å². The third kappa shape index (κ3) is 43.4. The second kappa shape index (κ2) is 61.5. The number of carbonyl (C=O) groups is 18. The first kappa shape index (κ1) is 117. The zero-order valence-corrected chi connectivity index (χ0v) is 79.6. The topological polar surface area (TPSA) is 876 Å². The zero-order chi connectivity index (χ0) is 104. The van der Waals surface area contributed by atoms with E-state index >= 15 is 28.8 Å². The second-order valence-electron chi connectivity index (χ2n) is 33.4. The van der Waals surface area contributed by atoms with E-state index in [1.807, 2.05) is 6.07 Å². The van der Waals surface area contributed by atoms with Crippen molar-refractivity contribution in [2.75, 3.05) is 57.3 Å². The molecular formula is C88H133N29O22S2. The van der Waals surface area contributed by atoms with Crippen LogP contribution in [-0.2, 0) is 96.0 Å². The van der Waals surface area contributed by atoms with E-state index in [0.29, 0.717) is 16.7 Å². The Bertz CT molecular complexity index is 4970. The number of carbonyl (C=O) groups excluding carboxylic acids is 16. The van der Waals surface area contributed by atoms with Crippen LogP contribution >= 0.6 is 25.3 Å². The lowest BCUT2D eigenvalue weighted by atomic mass is 10.00. The van der Waals surface area contributed by atoms with E-state index in [1.165, 1.54) is 48.5 Å². The highest BCUT2D eigenvalue weighted by Gasteiger charge is 2.42. The molecule has 0 saturated carbocycles. The van der Waals surface area contributed by atoms with Crippen molar-refractivity contribution in [3.8, 4) is 11.5 Å². The molecule has 51 nitrogen and oxygen atoms in total. The molecule has 53 heteroatoms. The number of benzene rings is 4. The van der Waals surface area contributed by atoms with E-state index in [0.717, 1.165) is 15.7 Å². The Labute approximate surface area is 823 Å². The van der Waals surface area contributed by atoms with Crippen molar-refractivity contribution in [1.29, 1.82) is 16.2 Å². The van der Waals surface area contributed by atoms with Gasteiger partial charge in [0, 0.05) is 82.9 Å². The number of rotatable bonds is 64. The fourth-order valence-electron chi connectivity index (χ4n) is 14.8. The number of guanidine groups is 3. The van der Waals surface area contributed by atoms with Gasteiger partial charge in [-0.15, -0.1) is 0 Å². The Morgan fingerprint density at radius 2 is 0.681 bits per heavy atom. The van der Waals surface area contributed by atoms with Gasteiger partial charge in [-0.25, -0.2) is 9.59 Å². The summed E-state index contributed by atoms with van der Waals surface area (Å²) in [4.78, 5) is 252.